The number of hydrogen-bond acceptors (Lipinski definition) is 2. The Morgan fingerprint density at radius 3 is 1.26 bits per heavy atom. The number of anilines is 6. The Bertz CT molecular complexity index is 2830. The van der Waals surface area contributed by atoms with Gasteiger partial charge in [-0.2, -0.15) is 0 Å². The molecule has 278 valence electrons. The largest absolute Gasteiger partial charge is 0.310 e. The summed E-state index contributed by atoms with van der Waals surface area (Å²) < 4.78 is 0. The van der Waals surface area contributed by atoms with Crippen LogP contribution in [-0.4, -0.2) is 0 Å². The first-order chi connectivity index (χ1) is 28.4. The first-order valence-electron chi connectivity index (χ1n) is 20.2. The molecule has 1 aliphatic carbocycles. The van der Waals surface area contributed by atoms with Crippen molar-refractivity contribution < 1.29 is 0 Å². The second-order valence-electron chi connectivity index (χ2n) is 16.0. The third-order valence-corrected chi connectivity index (χ3v) is 11.9. The van der Waals surface area contributed by atoms with Crippen molar-refractivity contribution in [3.05, 3.63) is 229 Å². The molecule has 0 atom stereocenters. The Morgan fingerprint density at radius 1 is 0.310 bits per heavy atom. The molecule has 0 aromatic heterocycles. The van der Waals surface area contributed by atoms with Gasteiger partial charge in [-0.05, 0) is 141 Å². The molecule has 0 amide bonds. The maximum absolute atomic E-state index is 2.43. The average Bonchev–Trinajstić information content (AvgIpc) is 3.49. The SMILES string of the molecule is Cc1cccc(N(c2ccc3c(c2)C(C)(C)c2cc(N(c4ccc(-c5ccccc5)cc4)c4ccc(-c5ccccc5)cc4)ccc2-3)c2ccc3ccccc3c2)c1. The first-order valence-corrected chi connectivity index (χ1v) is 20.2. The fourth-order valence-electron chi connectivity index (χ4n) is 8.84. The highest BCUT2D eigenvalue weighted by Crippen LogP contribution is 2.52. The molecule has 1 aliphatic rings. The van der Waals surface area contributed by atoms with Gasteiger partial charge in [-0.1, -0.05) is 153 Å². The molecule has 0 unspecified atom stereocenters. The lowest BCUT2D eigenvalue weighted by molar-refractivity contribution is 0.660. The highest BCUT2D eigenvalue weighted by Gasteiger charge is 2.37. The van der Waals surface area contributed by atoms with Crippen molar-refractivity contribution in [1.29, 1.82) is 0 Å². The standard InChI is InChI=1S/C56H44N2/c1-39-13-12-20-48(35-39)58(49-30-25-42-18-10-11-19-45(42)36-49)51-32-34-53-52-33-31-50(37-54(52)56(2,3)55(53)38-51)57(46-26-21-43(22-27-46)40-14-6-4-7-15-40)47-28-23-44(24-29-47)41-16-8-5-9-17-41/h4-38H,1-3H3. The van der Waals surface area contributed by atoms with Crippen LogP contribution in [0.5, 0.6) is 0 Å². The van der Waals surface area contributed by atoms with E-state index in [1.165, 1.54) is 60.8 Å². The highest BCUT2D eigenvalue weighted by atomic mass is 15.1. The smallest absolute Gasteiger partial charge is 0.0468 e. The van der Waals surface area contributed by atoms with Crippen molar-refractivity contribution in [2.24, 2.45) is 0 Å². The number of fused-ring (bicyclic) bond motifs is 4. The topological polar surface area (TPSA) is 6.48 Å². The molecule has 0 saturated carbocycles. The fraction of sp³-hybridized carbons (Fsp3) is 0.0714. The summed E-state index contributed by atoms with van der Waals surface area (Å²) >= 11 is 0. The Hall–Kier alpha value is -7.16. The van der Waals surface area contributed by atoms with Crippen molar-refractivity contribution in [2.75, 3.05) is 9.80 Å². The van der Waals surface area contributed by atoms with Gasteiger partial charge in [0, 0.05) is 39.5 Å². The van der Waals surface area contributed by atoms with Crippen LogP contribution >= 0.6 is 0 Å². The predicted molar refractivity (Wildman–Crippen MR) is 246 cm³/mol. The molecule has 0 bridgehead atoms. The quantitative estimate of drug-likeness (QED) is 0.153. The van der Waals surface area contributed by atoms with E-state index >= 15 is 0 Å². The van der Waals surface area contributed by atoms with E-state index in [0.717, 1.165) is 34.1 Å². The van der Waals surface area contributed by atoms with Crippen LogP contribution in [0, 0.1) is 6.92 Å². The minimum Gasteiger partial charge on any atom is -0.310 e. The molecule has 58 heavy (non-hydrogen) atoms. The second kappa shape index (κ2) is 14.4. The molecule has 0 saturated heterocycles. The van der Waals surface area contributed by atoms with Gasteiger partial charge in [-0.25, -0.2) is 0 Å². The predicted octanol–water partition coefficient (Wildman–Crippen LogP) is 15.7. The molecular weight excluding hydrogens is 701 g/mol. The van der Waals surface area contributed by atoms with Gasteiger partial charge in [0.25, 0.3) is 0 Å². The lowest BCUT2D eigenvalue weighted by atomic mass is 9.82. The van der Waals surface area contributed by atoms with E-state index in [1.54, 1.807) is 0 Å². The van der Waals surface area contributed by atoms with Gasteiger partial charge >= 0.3 is 0 Å². The average molecular weight is 745 g/mol. The number of nitrogens with zero attached hydrogens (tertiary/aromatic N) is 2. The highest BCUT2D eigenvalue weighted by molar-refractivity contribution is 5.92. The summed E-state index contributed by atoms with van der Waals surface area (Å²) in [4.78, 5) is 4.80. The molecule has 0 N–H and O–H groups in total. The maximum Gasteiger partial charge on any atom is 0.0468 e. The van der Waals surface area contributed by atoms with Crippen LogP contribution in [0.15, 0.2) is 212 Å². The van der Waals surface area contributed by atoms with Gasteiger partial charge in [0.15, 0.2) is 0 Å². The van der Waals surface area contributed by atoms with E-state index in [2.05, 4.69) is 243 Å². The molecule has 0 heterocycles. The Labute approximate surface area is 341 Å². The van der Waals surface area contributed by atoms with Gasteiger partial charge < -0.3 is 9.80 Å². The van der Waals surface area contributed by atoms with Crippen LogP contribution in [0.2, 0.25) is 0 Å². The van der Waals surface area contributed by atoms with E-state index in [-0.39, 0.29) is 5.41 Å². The summed E-state index contributed by atoms with van der Waals surface area (Å²) in [6.45, 7) is 6.93. The van der Waals surface area contributed by atoms with Crippen molar-refractivity contribution in [2.45, 2.75) is 26.2 Å². The number of hydrogen-bond donors (Lipinski definition) is 0. The lowest BCUT2D eigenvalue weighted by Gasteiger charge is -2.29. The van der Waals surface area contributed by atoms with Gasteiger partial charge in [0.1, 0.15) is 0 Å². The van der Waals surface area contributed by atoms with E-state index in [4.69, 9.17) is 0 Å². The third-order valence-electron chi connectivity index (χ3n) is 11.9. The van der Waals surface area contributed by atoms with E-state index in [1.807, 2.05) is 0 Å². The normalized spacial score (nSPS) is 12.5. The van der Waals surface area contributed by atoms with Gasteiger partial charge in [-0.15, -0.1) is 0 Å². The molecule has 9 aromatic carbocycles. The summed E-state index contributed by atoms with van der Waals surface area (Å²) in [5, 5.41) is 2.47. The van der Waals surface area contributed by atoms with Crippen LogP contribution in [0.1, 0.15) is 30.5 Å². The Morgan fingerprint density at radius 2 is 0.724 bits per heavy atom. The molecule has 2 nitrogen and oxygen atoms in total. The van der Waals surface area contributed by atoms with Crippen LogP contribution < -0.4 is 9.80 Å². The van der Waals surface area contributed by atoms with Crippen molar-refractivity contribution in [3.8, 4) is 33.4 Å². The number of benzene rings is 9. The number of rotatable bonds is 8. The zero-order chi connectivity index (χ0) is 39.2. The van der Waals surface area contributed by atoms with E-state index in [0.29, 0.717) is 0 Å². The minimum absolute atomic E-state index is 0.238. The molecule has 0 aliphatic heterocycles. The van der Waals surface area contributed by atoms with Crippen LogP contribution in [0.3, 0.4) is 0 Å². The van der Waals surface area contributed by atoms with Crippen molar-refractivity contribution in [3.63, 3.8) is 0 Å². The number of aryl methyl sites for hydroxylation is 1. The monoisotopic (exact) mass is 744 g/mol. The third kappa shape index (κ3) is 6.33. The van der Waals surface area contributed by atoms with Crippen molar-refractivity contribution >= 4 is 44.9 Å². The van der Waals surface area contributed by atoms with Crippen LogP contribution in [0.4, 0.5) is 34.1 Å². The van der Waals surface area contributed by atoms with E-state index < -0.39 is 0 Å². The summed E-state index contributed by atoms with van der Waals surface area (Å²) in [5.41, 5.74) is 17.9. The molecule has 2 heteroatoms. The Balaban J connectivity index is 1.06. The summed E-state index contributed by atoms with van der Waals surface area (Å²) in [6, 6.07) is 77.5. The van der Waals surface area contributed by atoms with Crippen LogP contribution in [-0.2, 0) is 5.41 Å². The summed E-state index contributed by atoms with van der Waals surface area (Å²) in [5.74, 6) is 0. The second-order valence-corrected chi connectivity index (χ2v) is 16.0. The minimum atomic E-state index is -0.238. The van der Waals surface area contributed by atoms with Crippen molar-refractivity contribution in [1.82, 2.24) is 0 Å². The zero-order valence-corrected chi connectivity index (χ0v) is 33.1. The van der Waals surface area contributed by atoms with Gasteiger partial charge in [-0.3, -0.25) is 0 Å². The van der Waals surface area contributed by atoms with Crippen LogP contribution in [0.25, 0.3) is 44.2 Å². The molecular formula is C56H44N2. The molecule has 0 radical (unpaired) electrons. The van der Waals surface area contributed by atoms with Gasteiger partial charge in [0.2, 0.25) is 0 Å². The maximum atomic E-state index is 2.43. The zero-order valence-electron chi connectivity index (χ0n) is 33.1. The fourth-order valence-corrected chi connectivity index (χ4v) is 8.84. The molecule has 10 rings (SSSR count). The summed E-state index contributed by atoms with van der Waals surface area (Å²) in [7, 11) is 0. The first kappa shape index (κ1) is 35.3. The lowest BCUT2D eigenvalue weighted by Crippen LogP contribution is -2.17. The van der Waals surface area contributed by atoms with Gasteiger partial charge in [0.05, 0.1) is 0 Å². The molecule has 9 aromatic rings. The molecule has 0 fully saturated rings. The summed E-state index contributed by atoms with van der Waals surface area (Å²) in [6.07, 6.45) is 0. The van der Waals surface area contributed by atoms with E-state index in [9.17, 15) is 0 Å². The Kier molecular flexibility index (Phi) is 8.76. The molecule has 0 spiro atoms.